The van der Waals surface area contributed by atoms with Gasteiger partial charge in [-0.05, 0) is 36.8 Å². The molecule has 0 unspecified atom stereocenters. The maximum atomic E-state index is 12.8. The molecule has 2 aromatic rings. The lowest BCUT2D eigenvalue weighted by Gasteiger charge is -2.07. The highest BCUT2D eigenvalue weighted by Crippen LogP contribution is 2.30. The van der Waals surface area contributed by atoms with E-state index in [4.69, 9.17) is 4.74 Å². The van der Waals surface area contributed by atoms with Crippen molar-refractivity contribution in [3.05, 3.63) is 76.5 Å². The first-order valence-electron chi connectivity index (χ1n) is 7.10. The Morgan fingerprint density at radius 3 is 2.46 bits per heavy atom. The Kier molecular flexibility index (Phi) is 3.97. The lowest BCUT2D eigenvalue weighted by molar-refractivity contribution is -0.137. The SMILES string of the molecule is Cc1ccc(/C=C2\N=C(c3cccc(C(F)(F)F)c3)OC2=O)cc1. The normalized spacial score (nSPS) is 16.2. The number of cyclic esters (lactones) is 1. The van der Waals surface area contributed by atoms with Gasteiger partial charge in [0.25, 0.3) is 0 Å². The number of carbonyl (C=O) groups is 1. The summed E-state index contributed by atoms with van der Waals surface area (Å²) in [5.74, 6) is -0.826. The topological polar surface area (TPSA) is 38.7 Å². The lowest BCUT2D eigenvalue weighted by atomic mass is 10.1. The smallest absolute Gasteiger partial charge is 0.402 e. The molecule has 2 aromatic carbocycles. The van der Waals surface area contributed by atoms with E-state index in [-0.39, 0.29) is 17.2 Å². The monoisotopic (exact) mass is 331 g/mol. The predicted octanol–water partition coefficient (Wildman–Crippen LogP) is 4.36. The van der Waals surface area contributed by atoms with Crippen LogP contribution in [0.25, 0.3) is 6.08 Å². The van der Waals surface area contributed by atoms with E-state index >= 15 is 0 Å². The number of hydrogen-bond acceptors (Lipinski definition) is 3. The largest absolute Gasteiger partial charge is 0.416 e. The fourth-order valence-corrected chi connectivity index (χ4v) is 2.18. The minimum atomic E-state index is -4.47. The summed E-state index contributed by atoms with van der Waals surface area (Å²) in [6, 6.07) is 11.9. The molecule has 1 aliphatic rings. The Morgan fingerprint density at radius 2 is 1.79 bits per heavy atom. The number of aryl methyl sites for hydroxylation is 1. The summed E-state index contributed by atoms with van der Waals surface area (Å²) in [5, 5.41) is 0. The standard InChI is InChI=1S/C18H12F3NO2/c1-11-5-7-12(8-6-11)9-15-17(23)24-16(22-15)13-3-2-4-14(10-13)18(19,20)21/h2-10H,1H3/b15-9-. The highest BCUT2D eigenvalue weighted by atomic mass is 19.4. The fraction of sp³-hybridized carbons (Fsp3) is 0.111. The molecular weight excluding hydrogens is 319 g/mol. The van der Waals surface area contributed by atoms with Crippen molar-refractivity contribution in [2.24, 2.45) is 4.99 Å². The van der Waals surface area contributed by atoms with E-state index in [1.54, 1.807) is 0 Å². The third kappa shape index (κ3) is 3.37. The number of rotatable bonds is 2. The van der Waals surface area contributed by atoms with Crippen LogP contribution in [0.1, 0.15) is 22.3 Å². The van der Waals surface area contributed by atoms with Crippen molar-refractivity contribution in [3.63, 3.8) is 0 Å². The van der Waals surface area contributed by atoms with Crippen LogP contribution in [0.4, 0.5) is 13.2 Å². The minimum Gasteiger partial charge on any atom is -0.402 e. The lowest BCUT2D eigenvalue weighted by Crippen LogP contribution is -2.09. The Bertz CT molecular complexity index is 849. The van der Waals surface area contributed by atoms with Gasteiger partial charge in [-0.3, -0.25) is 0 Å². The molecule has 0 radical (unpaired) electrons. The molecule has 3 nitrogen and oxygen atoms in total. The molecule has 0 saturated heterocycles. The van der Waals surface area contributed by atoms with Crippen LogP contribution in [0.2, 0.25) is 0 Å². The summed E-state index contributed by atoms with van der Waals surface area (Å²) < 4.78 is 43.3. The van der Waals surface area contributed by atoms with Gasteiger partial charge in [-0.2, -0.15) is 13.2 Å². The Morgan fingerprint density at radius 1 is 1.08 bits per heavy atom. The highest BCUT2D eigenvalue weighted by Gasteiger charge is 2.32. The molecule has 0 aromatic heterocycles. The molecule has 0 atom stereocenters. The summed E-state index contributed by atoms with van der Waals surface area (Å²) in [5.41, 5.74) is 1.15. The van der Waals surface area contributed by atoms with E-state index in [1.807, 2.05) is 31.2 Å². The molecular formula is C18H12F3NO2. The summed E-state index contributed by atoms with van der Waals surface area (Å²) in [7, 11) is 0. The quantitative estimate of drug-likeness (QED) is 0.606. The molecule has 1 aliphatic heterocycles. The summed E-state index contributed by atoms with van der Waals surface area (Å²) in [4.78, 5) is 15.9. The Balaban J connectivity index is 1.93. The molecule has 0 bridgehead atoms. The second-order valence-corrected chi connectivity index (χ2v) is 5.33. The number of nitrogens with zero attached hydrogens (tertiary/aromatic N) is 1. The first-order chi connectivity index (χ1) is 11.3. The number of carbonyl (C=O) groups excluding carboxylic acids is 1. The highest BCUT2D eigenvalue weighted by molar-refractivity contribution is 6.12. The van der Waals surface area contributed by atoms with Crippen molar-refractivity contribution in [3.8, 4) is 0 Å². The van der Waals surface area contributed by atoms with Gasteiger partial charge in [-0.15, -0.1) is 0 Å². The minimum absolute atomic E-state index is 0.0475. The van der Waals surface area contributed by atoms with Crippen molar-refractivity contribution in [2.45, 2.75) is 13.1 Å². The molecule has 0 saturated carbocycles. The molecule has 0 fully saturated rings. The first kappa shape index (κ1) is 16.0. The van der Waals surface area contributed by atoms with Crippen LogP contribution in [0.3, 0.4) is 0 Å². The molecule has 122 valence electrons. The van der Waals surface area contributed by atoms with Gasteiger partial charge in [0, 0.05) is 5.56 Å². The Hall–Kier alpha value is -2.89. The maximum Gasteiger partial charge on any atom is 0.416 e. The van der Waals surface area contributed by atoms with E-state index in [2.05, 4.69) is 4.99 Å². The van der Waals surface area contributed by atoms with E-state index in [0.29, 0.717) is 0 Å². The van der Waals surface area contributed by atoms with E-state index in [0.717, 1.165) is 23.3 Å². The molecule has 0 N–H and O–H groups in total. The van der Waals surface area contributed by atoms with Crippen molar-refractivity contribution >= 4 is 17.9 Å². The zero-order valence-corrected chi connectivity index (χ0v) is 12.6. The number of hydrogen-bond donors (Lipinski definition) is 0. The average molecular weight is 331 g/mol. The summed E-state index contributed by atoms with van der Waals surface area (Å²) >= 11 is 0. The second-order valence-electron chi connectivity index (χ2n) is 5.33. The molecule has 24 heavy (non-hydrogen) atoms. The van der Waals surface area contributed by atoms with E-state index < -0.39 is 17.7 Å². The number of aliphatic imine (C=N–C) groups is 1. The van der Waals surface area contributed by atoms with Crippen molar-refractivity contribution in [1.82, 2.24) is 0 Å². The Labute approximate surface area is 136 Å². The molecule has 3 rings (SSSR count). The van der Waals surface area contributed by atoms with E-state index in [1.165, 1.54) is 18.2 Å². The van der Waals surface area contributed by atoms with Gasteiger partial charge in [0.1, 0.15) is 0 Å². The van der Waals surface area contributed by atoms with Gasteiger partial charge in [0.15, 0.2) is 5.70 Å². The predicted molar refractivity (Wildman–Crippen MR) is 83.2 cm³/mol. The summed E-state index contributed by atoms with van der Waals surface area (Å²) in [6.45, 7) is 1.94. The van der Waals surface area contributed by atoms with E-state index in [9.17, 15) is 18.0 Å². The van der Waals surface area contributed by atoms with Crippen LogP contribution in [-0.4, -0.2) is 11.9 Å². The summed E-state index contributed by atoms with van der Waals surface area (Å²) in [6.07, 6.45) is -2.94. The number of esters is 1. The van der Waals surface area contributed by atoms with Crippen LogP contribution in [0.15, 0.2) is 59.2 Å². The molecule has 6 heteroatoms. The second kappa shape index (κ2) is 5.96. The van der Waals surface area contributed by atoms with Gasteiger partial charge in [0.05, 0.1) is 5.56 Å². The zero-order chi connectivity index (χ0) is 17.3. The molecule has 0 aliphatic carbocycles. The van der Waals surface area contributed by atoms with Crippen molar-refractivity contribution in [1.29, 1.82) is 0 Å². The van der Waals surface area contributed by atoms with Gasteiger partial charge in [-0.25, -0.2) is 9.79 Å². The molecule has 0 amide bonds. The van der Waals surface area contributed by atoms with Crippen LogP contribution >= 0.6 is 0 Å². The zero-order valence-electron chi connectivity index (χ0n) is 12.6. The van der Waals surface area contributed by atoms with Gasteiger partial charge in [0.2, 0.25) is 5.90 Å². The number of alkyl halides is 3. The van der Waals surface area contributed by atoms with Crippen LogP contribution < -0.4 is 0 Å². The van der Waals surface area contributed by atoms with Crippen molar-refractivity contribution < 1.29 is 22.7 Å². The van der Waals surface area contributed by atoms with Gasteiger partial charge >= 0.3 is 12.1 Å². The van der Waals surface area contributed by atoms with Crippen LogP contribution in [-0.2, 0) is 15.7 Å². The number of ether oxygens (including phenoxy) is 1. The average Bonchev–Trinajstić information content (AvgIpc) is 2.90. The third-order valence-electron chi connectivity index (χ3n) is 3.44. The number of benzene rings is 2. The molecule has 0 spiro atoms. The van der Waals surface area contributed by atoms with Crippen LogP contribution in [0, 0.1) is 6.92 Å². The first-order valence-corrected chi connectivity index (χ1v) is 7.10. The third-order valence-corrected chi connectivity index (χ3v) is 3.44. The van der Waals surface area contributed by atoms with Gasteiger partial charge < -0.3 is 4.74 Å². The molecule has 1 heterocycles. The fourth-order valence-electron chi connectivity index (χ4n) is 2.18. The number of halogens is 3. The maximum absolute atomic E-state index is 12.8. The van der Waals surface area contributed by atoms with Crippen molar-refractivity contribution in [2.75, 3.05) is 0 Å². The van der Waals surface area contributed by atoms with Crippen LogP contribution in [0.5, 0.6) is 0 Å². The van der Waals surface area contributed by atoms with Gasteiger partial charge in [-0.1, -0.05) is 35.9 Å².